The van der Waals surface area contributed by atoms with Crippen molar-refractivity contribution in [2.24, 2.45) is 10.4 Å². The Morgan fingerprint density at radius 1 is 1.11 bits per heavy atom. The summed E-state index contributed by atoms with van der Waals surface area (Å²) >= 11 is 0. The van der Waals surface area contributed by atoms with Gasteiger partial charge in [0.2, 0.25) is 5.91 Å². The number of ether oxygens (including phenoxy) is 1. The Bertz CT molecular complexity index is 1750. The number of piperazine rings is 1. The first-order valence-electron chi connectivity index (χ1n) is 16.2. The lowest BCUT2D eigenvalue weighted by Crippen LogP contribution is -2.59. The summed E-state index contributed by atoms with van der Waals surface area (Å²) in [7, 11) is 1.62. The molecule has 0 unspecified atom stereocenters. The zero-order valence-electron chi connectivity index (χ0n) is 27.5. The van der Waals surface area contributed by atoms with Crippen LogP contribution < -0.4 is 10.1 Å². The van der Waals surface area contributed by atoms with Gasteiger partial charge in [0.25, 0.3) is 0 Å². The van der Waals surface area contributed by atoms with E-state index in [-0.39, 0.29) is 52.1 Å². The molecule has 11 heteroatoms. The Morgan fingerprint density at radius 2 is 1.83 bits per heavy atom. The summed E-state index contributed by atoms with van der Waals surface area (Å²) in [6, 6.07) is 5.22. The molecule has 2 bridgehead atoms. The van der Waals surface area contributed by atoms with Crippen molar-refractivity contribution in [3.05, 3.63) is 77.4 Å². The molecular formula is C36H41F3N6O2. The van der Waals surface area contributed by atoms with Crippen LogP contribution in [0, 0.1) is 22.9 Å². The molecule has 0 radical (unpaired) electrons. The molecule has 1 aliphatic carbocycles. The van der Waals surface area contributed by atoms with Gasteiger partial charge in [0.05, 0.1) is 29.1 Å². The molecule has 2 aliphatic heterocycles. The van der Waals surface area contributed by atoms with Crippen LogP contribution in [0.3, 0.4) is 0 Å². The number of fused-ring (bicyclic) bond motifs is 5. The normalized spacial score (nSPS) is 20.7. The van der Waals surface area contributed by atoms with Crippen LogP contribution in [-0.4, -0.2) is 70.3 Å². The second-order valence-electron chi connectivity index (χ2n) is 13.3. The molecule has 2 aromatic heterocycles. The number of amidine groups is 1. The molecule has 2 fully saturated rings. The van der Waals surface area contributed by atoms with E-state index in [0.717, 1.165) is 48.7 Å². The predicted octanol–water partition coefficient (Wildman–Crippen LogP) is 7.02. The third-order valence-corrected chi connectivity index (χ3v) is 9.71. The quantitative estimate of drug-likeness (QED) is 0.187. The molecule has 8 nitrogen and oxygen atoms in total. The summed E-state index contributed by atoms with van der Waals surface area (Å²) in [5.74, 6) is -2.62. The molecule has 1 saturated carbocycles. The summed E-state index contributed by atoms with van der Waals surface area (Å²) < 4.78 is 53.0. The number of benzene rings is 1. The Labute approximate surface area is 273 Å². The van der Waals surface area contributed by atoms with Crippen LogP contribution in [-0.2, 0) is 11.2 Å². The van der Waals surface area contributed by atoms with E-state index in [9.17, 15) is 9.18 Å². The van der Waals surface area contributed by atoms with Crippen molar-refractivity contribution in [3.63, 3.8) is 0 Å². The molecule has 1 aromatic carbocycles. The third kappa shape index (κ3) is 6.07. The van der Waals surface area contributed by atoms with Crippen LogP contribution >= 0.6 is 0 Å². The molecule has 2 atom stereocenters. The van der Waals surface area contributed by atoms with Crippen LogP contribution in [0.1, 0.15) is 69.7 Å². The van der Waals surface area contributed by atoms with E-state index in [1.54, 1.807) is 18.1 Å². The van der Waals surface area contributed by atoms with Crippen molar-refractivity contribution in [3.8, 4) is 17.0 Å². The van der Waals surface area contributed by atoms with Crippen molar-refractivity contribution in [2.45, 2.75) is 71.4 Å². The second kappa shape index (κ2) is 12.7. The summed E-state index contributed by atoms with van der Waals surface area (Å²) in [6.45, 7) is 12.8. The van der Waals surface area contributed by atoms with E-state index < -0.39 is 17.5 Å². The number of carbonyl (C=O) groups is 1. The Hall–Kier alpha value is -4.41. The molecule has 47 heavy (non-hydrogen) atoms. The van der Waals surface area contributed by atoms with Gasteiger partial charge in [0, 0.05) is 43.8 Å². The van der Waals surface area contributed by atoms with Gasteiger partial charge in [0.1, 0.15) is 23.1 Å². The first-order chi connectivity index (χ1) is 22.5. The number of aryl methyl sites for hydroxylation is 1. The maximum atomic E-state index is 16.4. The number of anilines is 2. The average molecular weight is 647 g/mol. The van der Waals surface area contributed by atoms with E-state index in [1.807, 2.05) is 38.7 Å². The largest absolute Gasteiger partial charge is 0.492 e. The molecule has 1 N–H and O–H groups in total. The molecule has 1 amide bonds. The highest BCUT2D eigenvalue weighted by atomic mass is 19.2. The van der Waals surface area contributed by atoms with E-state index in [4.69, 9.17) is 14.7 Å². The smallest absolute Gasteiger partial charge is 0.246 e. The van der Waals surface area contributed by atoms with Crippen molar-refractivity contribution in [1.29, 1.82) is 0 Å². The molecule has 248 valence electrons. The minimum Gasteiger partial charge on any atom is -0.492 e. The van der Waals surface area contributed by atoms with E-state index in [2.05, 4.69) is 16.9 Å². The number of pyridine rings is 2. The maximum absolute atomic E-state index is 16.4. The van der Waals surface area contributed by atoms with Gasteiger partial charge in [-0.3, -0.25) is 14.8 Å². The third-order valence-electron chi connectivity index (χ3n) is 9.71. The first kappa shape index (κ1) is 32.5. The maximum Gasteiger partial charge on any atom is 0.246 e. The number of nitrogens with one attached hydrogen (secondary N) is 1. The molecule has 3 aromatic rings. The number of carbonyl (C=O) groups excluding carboxylic acids is 1. The lowest BCUT2D eigenvalue weighted by molar-refractivity contribution is -0.130. The minimum absolute atomic E-state index is 0.0383. The molecular weight excluding hydrogens is 605 g/mol. The first-order valence-corrected chi connectivity index (χ1v) is 16.2. The number of amides is 1. The monoisotopic (exact) mass is 646 g/mol. The van der Waals surface area contributed by atoms with Gasteiger partial charge in [-0.05, 0) is 81.4 Å². The molecule has 3 aliphatic rings. The van der Waals surface area contributed by atoms with Gasteiger partial charge in [0.15, 0.2) is 17.5 Å². The summed E-state index contributed by atoms with van der Waals surface area (Å²) in [5.41, 5.74) is 2.07. The fraction of sp³-hybridized carbons (Fsp3) is 0.444. The topological polar surface area (TPSA) is 83.0 Å². The second-order valence-corrected chi connectivity index (χ2v) is 13.3. The van der Waals surface area contributed by atoms with Crippen LogP contribution in [0.5, 0.6) is 5.75 Å². The number of aliphatic imine (C=N–C) groups is 1. The fourth-order valence-electron chi connectivity index (χ4n) is 6.76. The van der Waals surface area contributed by atoms with Crippen LogP contribution in [0.4, 0.5) is 24.7 Å². The lowest BCUT2D eigenvalue weighted by atomic mass is 9.95. The Kier molecular flexibility index (Phi) is 8.76. The number of halogens is 3. The standard InChI is InChI=1S/C36H41F3N6O2/c1-7-28(46)44-17-22(5)45(18-21(44)4)35(40-6)24-16-26(38)33-29-27(9-8-25(37)30(29)39)47-19-36(13-14-36)12-10-23-11-15-41-31(20(2)3)32(23)42-34(24)43-33/h7-9,11,15-16,20-22H,1,10,12-14,17-19H2,2-6H3,(H,42,43)/t21-,22+/m1/s1. The van der Waals surface area contributed by atoms with Gasteiger partial charge in [-0.2, -0.15) is 0 Å². The summed E-state index contributed by atoms with van der Waals surface area (Å²) in [4.78, 5) is 30.4. The van der Waals surface area contributed by atoms with Gasteiger partial charge in [-0.1, -0.05) is 20.4 Å². The summed E-state index contributed by atoms with van der Waals surface area (Å²) in [5, 5.41) is 3.49. The van der Waals surface area contributed by atoms with Crippen molar-refractivity contribution in [2.75, 3.05) is 32.1 Å². The van der Waals surface area contributed by atoms with Gasteiger partial charge < -0.3 is 19.9 Å². The van der Waals surface area contributed by atoms with Crippen LogP contribution in [0.2, 0.25) is 0 Å². The summed E-state index contributed by atoms with van der Waals surface area (Å²) in [6.07, 6.45) is 6.54. The van der Waals surface area contributed by atoms with Gasteiger partial charge in [-0.15, -0.1) is 0 Å². The molecule has 4 heterocycles. The molecule has 6 rings (SSSR count). The Balaban J connectivity index is 1.55. The van der Waals surface area contributed by atoms with E-state index >= 15 is 8.78 Å². The lowest BCUT2D eigenvalue weighted by Gasteiger charge is -2.45. The number of hydrogen-bond acceptors (Lipinski definition) is 6. The van der Waals surface area contributed by atoms with Gasteiger partial charge >= 0.3 is 0 Å². The minimum atomic E-state index is -1.23. The number of aromatic nitrogens is 2. The highest BCUT2D eigenvalue weighted by Crippen LogP contribution is 2.51. The van der Waals surface area contributed by atoms with E-state index in [1.165, 1.54) is 18.2 Å². The zero-order chi connectivity index (χ0) is 33.6. The van der Waals surface area contributed by atoms with E-state index in [0.29, 0.717) is 31.1 Å². The van der Waals surface area contributed by atoms with Crippen LogP contribution in [0.25, 0.3) is 11.3 Å². The fourth-order valence-corrected chi connectivity index (χ4v) is 6.76. The number of nitrogens with zero attached hydrogens (tertiary/aromatic N) is 5. The van der Waals surface area contributed by atoms with Crippen LogP contribution in [0.15, 0.2) is 48.1 Å². The van der Waals surface area contributed by atoms with Gasteiger partial charge in [-0.25, -0.2) is 18.2 Å². The number of rotatable bonds is 3. The highest BCUT2D eigenvalue weighted by Gasteiger charge is 2.44. The molecule has 1 saturated heterocycles. The van der Waals surface area contributed by atoms with Crippen molar-refractivity contribution >= 4 is 23.2 Å². The Morgan fingerprint density at radius 3 is 2.51 bits per heavy atom. The van der Waals surface area contributed by atoms with Crippen molar-refractivity contribution in [1.82, 2.24) is 19.8 Å². The molecule has 1 spiro atoms. The number of hydrogen-bond donors (Lipinski definition) is 1. The highest BCUT2D eigenvalue weighted by molar-refractivity contribution is 6.04. The SMILES string of the molecule is C=CC(=O)N1C[C@H](C)N(C(=NC)c2cc(F)c3nc2Nc2c(ccnc2C(C)C)CCC2(CC2)COc2ccc(F)c(F)c2-3)C[C@H]1C. The van der Waals surface area contributed by atoms with Crippen molar-refractivity contribution < 1.29 is 22.7 Å². The zero-order valence-corrected chi connectivity index (χ0v) is 27.5. The average Bonchev–Trinajstić information content (AvgIpc) is 3.83. The predicted molar refractivity (Wildman–Crippen MR) is 177 cm³/mol.